The maximum Gasteiger partial charge on any atom is 0.339 e. The fourth-order valence-electron chi connectivity index (χ4n) is 2.34. The molecular weight excluding hydrogens is 248 g/mol. The lowest BCUT2D eigenvalue weighted by Crippen LogP contribution is -1.97. The number of hydrogen-bond donors (Lipinski definition) is 3. The molecule has 0 aliphatic rings. The van der Waals surface area contributed by atoms with Gasteiger partial charge in [-0.2, -0.15) is 0 Å². The fourth-order valence-corrected chi connectivity index (χ4v) is 2.34. The fraction of sp³-hybridized carbons (Fsp3) is 0.0714. The lowest BCUT2D eigenvalue weighted by atomic mass is 10.0. The van der Waals surface area contributed by atoms with Gasteiger partial charge in [-0.05, 0) is 23.9 Å². The summed E-state index contributed by atoms with van der Waals surface area (Å²) in [5.74, 6) is -0.502. The highest BCUT2D eigenvalue weighted by Crippen LogP contribution is 2.38. The van der Waals surface area contributed by atoms with Crippen molar-refractivity contribution in [2.45, 2.75) is 6.92 Å². The third kappa shape index (κ3) is 1.59. The van der Waals surface area contributed by atoms with Crippen molar-refractivity contribution in [1.82, 2.24) is 0 Å². The molecule has 3 aromatic rings. The highest BCUT2D eigenvalue weighted by atomic mass is 16.4. The molecule has 3 rings (SSSR count). The summed E-state index contributed by atoms with van der Waals surface area (Å²) >= 11 is 0. The first kappa shape index (κ1) is 11.4. The van der Waals surface area contributed by atoms with Crippen LogP contribution in [0.1, 0.15) is 5.56 Å². The Kier molecular flexibility index (Phi) is 2.19. The minimum atomic E-state index is -0.704. The van der Waals surface area contributed by atoms with Gasteiger partial charge in [-0.25, -0.2) is 4.79 Å². The largest absolute Gasteiger partial charge is 0.508 e. The van der Waals surface area contributed by atoms with Crippen LogP contribution in [0.4, 0.5) is 0 Å². The number of phenols is 2. The second-order valence-corrected chi connectivity index (χ2v) is 4.41. The molecule has 0 bridgehead atoms. The summed E-state index contributed by atoms with van der Waals surface area (Å²) in [6, 6.07) is 5.28. The zero-order chi connectivity index (χ0) is 13.7. The van der Waals surface area contributed by atoms with Crippen LogP contribution >= 0.6 is 0 Å². The lowest BCUT2D eigenvalue weighted by molar-refractivity contribution is 0.454. The van der Waals surface area contributed by atoms with E-state index >= 15 is 0 Å². The SMILES string of the molecule is Cc1cc2cc(O)cc(O)c2c2oc(=O)cc(O)c12. The number of fused-ring (bicyclic) bond motifs is 3. The Morgan fingerprint density at radius 2 is 1.63 bits per heavy atom. The molecule has 0 atom stereocenters. The number of aromatic hydroxyl groups is 3. The lowest BCUT2D eigenvalue weighted by Gasteiger charge is -2.09. The van der Waals surface area contributed by atoms with Gasteiger partial charge in [0.15, 0.2) is 5.58 Å². The number of phenolic OH excluding ortho intramolecular Hbond substituents is 2. The molecule has 1 heterocycles. The van der Waals surface area contributed by atoms with Crippen LogP contribution in [0, 0.1) is 6.92 Å². The standard InChI is InChI=1S/C14H10O5/c1-6-2-7-3-8(15)4-9(16)13(7)14-12(6)10(17)5-11(18)19-14/h2-5,15-17H,1H3. The van der Waals surface area contributed by atoms with Crippen molar-refractivity contribution < 1.29 is 19.7 Å². The van der Waals surface area contributed by atoms with Crippen LogP contribution in [0.2, 0.25) is 0 Å². The Morgan fingerprint density at radius 3 is 2.37 bits per heavy atom. The smallest absolute Gasteiger partial charge is 0.339 e. The van der Waals surface area contributed by atoms with Gasteiger partial charge in [0.05, 0.1) is 16.8 Å². The zero-order valence-corrected chi connectivity index (χ0v) is 9.97. The Morgan fingerprint density at radius 1 is 0.947 bits per heavy atom. The first-order valence-corrected chi connectivity index (χ1v) is 5.59. The van der Waals surface area contributed by atoms with E-state index in [1.165, 1.54) is 6.07 Å². The molecule has 0 unspecified atom stereocenters. The van der Waals surface area contributed by atoms with Gasteiger partial charge in [0, 0.05) is 6.07 Å². The highest BCUT2D eigenvalue weighted by molar-refractivity contribution is 6.10. The van der Waals surface area contributed by atoms with E-state index in [0.29, 0.717) is 16.3 Å². The average molecular weight is 258 g/mol. The summed E-state index contributed by atoms with van der Waals surface area (Å²) in [5, 5.41) is 30.4. The van der Waals surface area contributed by atoms with Gasteiger partial charge in [-0.15, -0.1) is 0 Å². The van der Waals surface area contributed by atoms with E-state index in [2.05, 4.69) is 0 Å². The minimum Gasteiger partial charge on any atom is -0.508 e. The monoisotopic (exact) mass is 258 g/mol. The second kappa shape index (κ2) is 3.65. The normalized spacial score (nSPS) is 11.2. The number of benzene rings is 2. The van der Waals surface area contributed by atoms with Crippen molar-refractivity contribution in [2.24, 2.45) is 0 Å². The quantitative estimate of drug-likeness (QED) is 0.425. The molecule has 96 valence electrons. The molecule has 0 aliphatic carbocycles. The van der Waals surface area contributed by atoms with Gasteiger partial charge >= 0.3 is 5.63 Å². The minimum absolute atomic E-state index is 0.0914. The highest BCUT2D eigenvalue weighted by Gasteiger charge is 2.15. The molecule has 0 spiro atoms. The molecule has 0 aliphatic heterocycles. The van der Waals surface area contributed by atoms with Gasteiger partial charge in [0.1, 0.15) is 17.2 Å². The summed E-state index contributed by atoms with van der Waals surface area (Å²) < 4.78 is 5.10. The summed E-state index contributed by atoms with van der Waals surface area (Å²) in [4.78, 5) is 11.4. The molecule has 0 saturated carbocycles. The molecule has 3 N–H and O–H groups in total. The van der Waals surface area contributed by atoms with Crippen molar-refractivity contribution in [3.05, 3.63) is 40.2 Å². The van der Waals surface area contributed by atoms with Crippen molar-refractivity contribution in [3.8, 4) is 17.2 Å². The first-order valence-electron chi connectivity index (χ1n) is 5.59. The van der Waals surface area contributed by atoms with E-state index in [9.17, 15) is 20.1 Å². The Bertz CT molecular complexity index is 877. The number of rotatable bonds is 0. The zero-order valence-electron chi connectivity index (χ0n) is 9.97. The van der Waals surface area contributed by atoms with E-state index in [-0.39, 0.29) is 28.2 Å². The van der Waals surface area contributed by atoms with E-state index in [1.807, 2.05) is 0 Å². The van der Waals surface area contributed by atoms with Crippen LogP contribution in [0.15, 0.2) is 33.5 Å². The topological polar surface area (TPSA) is 90.9 Å². The van der Waals surface area contributed by atoms with Gasteiger partial charge in [-0.3, -0.25) is 0 Å². The summed E-state index contributed by atoms with van der Waals surface area (Å²) in [7, 11) is 0. The van der Waals surface area contributed by atoms with E-state index < -0.39 is 5.63 Å². The predicted molar refractivity (Wildman–Crippen MR) is 69.7 cm³/mol. The Labute approximate surface area is 107 Å². The third-order valence-electron chi connectivity index (χ3n) is 3.07. The second-order valence-electron chi connectivity index (χ2n) is 4.41. The van der Waals surface area contributed by atoms with Crippen LogP contribution in [0.3, 0.4) is 0 Å². The van der Waals surface area contributed by atoms with Gasteiger partial charge < -0.3 is 19.7 Å². The number of hydrogen-bond acceptors (Lipinski definition) is 5. The molecule has 0 amide bonds. The molecule has 19 heavy (non-hydrogen) atoms. The average Bonchev–Trinajstić information content (AvgIpc) is 2.25. The van der Waals surface area contributed by atoms with Crippen LogP contribution in [-0.2, 0) is 0 Å². The van der Waals surface area contributed by atoms with Crippen molar-refractivity contribution in [1.29, 1.82) is 0 Å². The Hall–Kier alpha value is -2.69. The van der Waals surface area contributed by atoms with E-state index in [1.54, 1.807) is 13.0 Å². The molecule has 2 aromatic carbocycles. The van der Waals surface area contributed by atoms with Crippen molar-refractivity contribution in [3.63, 3.8) is 0 Å². The Balaban J connectivity index is 2.70. The van der Waals surface area contributed by atoms with Crippen LogP contribution in [0.5, 0.6) is 17.2 Å². The van der Waals surface area contributed by atoms with Crippen LogP contribution in [0.25, 0.3) is 21.7 Å². The molecule has 0 radical (unpaired) electrons. The summed E-state index contributed by atoms with van der Waals surface area (Å²) in [6.07, 6.45) is 0. The molecule has 0 fully saturated rings. The third-order valence-corrected chi connectivity index (χ3v) is 3.07. The van der Waals surface area contributed by atoms with Gasteiger partial charge in [0.2, 0.25) is 0 Å². The molecular formula is C14H10O5. The van der Waals surface area contributed by atoms with Crippen LogP contribution in [-0.4, -0.2) is 15.3 Å². The summed E-state index contributed by atoms with van der Waals surface area (Å²) in [5.41, 5.74) is 0.0793. The van der Waals surface area contributed by atoms with Crippen molar-refractivity contribution >= 4 is 21.7 Å². The predicted octanol–water partition coefficient (Wildman–Crippen LogP) is 2.37. The van der Waals surface area contributed by atoms with E-state index in [0.717, 1.165) is 12.1 Å². The maximum absolute atomic E-state index is 11.4. The number of aryl methyl sites for hydroxylation is 1. The van der Waals surface area contributed by atoms with E-state index in [4.69, 9.17) is 4.42 Å². The molecule has 5 nitrogen and oxygen atoms in total. The molecule has 0 saturated heterocycles. The van der Waals surface area contributed by atoms with Crippen LogP contribution < -0.4 is 5.63 Å². The van der Waals surface area contributed by atoms with Crippen molar-refractivity contribution in [2.75, 3.05) is 0 Å². The summed E-state index contributed by atoms with van der Waals surface area (Å²) in [6.45, 7) is 1.74. The maximum atomic E-state index is 11.4. The molecule has 1 aromatic heterocycles. The van der Waals surface area contributed by atoms with Gasteiger partial charge in [-0.1, -0.05) is 6.07 Å². The van der Waals surface area contributed by atoms with Gasteiger partial charge in [0.25, 0.3) is 0 Å². The molecule has 5 heteroatoms. The first-order chi connectivity index (χ1) is 8.97.